The predicted octanol–water partition coefficient (Wildman–Crippen LogP) is 6.79. The molecule has 0 unspecified atom stereocenters. The van der Waals surface area contributed by atoms with Crippen molar-refractivity contribution in [3.63, 3.8) is 0 Å². The van der Waals surface area contributed by atoms with E-state index in [-0.39, 0.29) is 0 Å². The number of aliphatic carboxylic acids is 2. The van der Waals surface area contributed by atoms with Crippen LogP contribution in [-0.4, -0.2) is 22.2 Å². The van der Waals surface area contributed by atoms with Crippen LogP contribution in [0.1, 0.15) is 106 Å². The van der Waals surface area contributed by atoms with E-state index in [0.717, 1.165) is 77.0 Å². The SMILES string of the molecule is Cc1cc(CCCCC2(C(=O)O)CC2)c(C)c(CCCCCCC(C)(C)C(=O)O)c1C. The first-order chi connectivity index (χ1) is 14.5. The highest BCUT2D eigenvalue weighted by Gasteiger charge is 2.49. The molecule has 4 nitrogen and oxygen atoms in total. The van der Waals surface area contributed by atoms with Crippen LogP contribution in [0.25, 0.3) is 0 Å². The molecule has 0 bridgehead atoms. The third kappa shape index (κ3) is 6.82. The van der Waals surface area contributed by atoms with Crippen molar-refractivity contribution >= 4 is 11.9 Å². The Morgan fingerprint density at radius 2 is 1.52 bits per heavy atom. The summed E-state index contributed by atoms with van der Waals surface area (Å²) in [7, 11) is 0. The van der Waals surface area contributed by atoms with E-state index >= 15 is 0 Å². The number of aryl methyl sites for hydroxylation is 2. The zero-order chi connectivity index (χ0) is 23.2. The molecule has 1 aromatic rings. The lowest BCUT2D eigenvalue weighted by molar-refractivity contribution is -0.147. The fraction of sp³-hybridized carbons (Fsp3) is 0.704. The number of unbranched alkanes of at least 4 members (excludes halogenated alkanes) is 4. The Hall–Kier alpha value is -1.84. The molecule has 0 aromatic heterocycles. The van der Waals surface area contributed by atoms with E-state index in [1.54, 1.807) is 0 Å². The normalized spacial score (nSPS) is 15.1. The second-order valence-electron chi connectivity index (χ2n) is 10.5. The first-order valence-corrected chi connectivity index (χ1v) is 12.1. The topological polar surface area (TPSA) is 74.6 Å². The lowest BCUT2D eigenvalue weighted by Crippen LogP contribution is -2.23. The molecule has 0 saturated heterocycles. The van der Waals surface area contributed by atoms with Crippen LogP contribution in [0.5, 0.6) is 0 Å². The van der Waals surface area contributed by atoms with Crippen molar-refractivity contribution in [2.75, 3.05) is 0 Å². The van der Waals surface area contributed by atoms with Crippen LogP contribution in [0.3, 0.4) is 0 Å². The summed E-state index contributed by atoms with van der Waals surface area (Å²) in [4.78, 5) is 22.6. The molecule has 4 heteroatoms. The molecule has 0 aliphatic heterocycles. The van der Waals surface area contributed by atoms with Crippen LogP contribution in [-0.2, 0) is 22.4 Å². The molecule has 1 aliphatic rings. The standard InChI is InChI=1S/C27H42O4/c1-19-18-22(12-9-11-15-27(16-17-27)25(30)31)21(3)23(20(19)2)13-8-6-7-10-14-26(4,5)24(28)29/h18H,6-17H2,1-5H3,(H,28,29)(H,30,31). The summed E-state index contributed by atoms with van der Waals surface area (Å²) < 4.78 is 0. The fourth-order valence-electron chi connectivity index (χ4n) is 4.66. The van der Waals surface area contributed by atoms with Gasteiger partial charge in [-0.15, -0.1) is 0 Å². The van der Waals surface area contributed by atoms with Gasteiger partial charge in [-0.1, -0.05) is 31.7 Å². The van der Waals surface area contributed by atoms with Crippen LogP contribution < -0.4 is 0 Å². The monoisotopic (exact) mass is 430 g/mol. The number of benzene rings is 1. The van der Waals surface area contributed by atoms with Crippen LogP contribution in [0.4, 0.5) is 0 Å². The van der Waals surface area contributed by atoms with Crippen LogP contribution in [0.15, 0.2) is 6.07 Å². The number of carboxylic acids is 2. The molecule has 31 heavy (non-hydrogen) atoms. The summed E-state index contributed by atoms with van der Waals surface area (Å²) in [5.74, 6) is -1.31. The van der Waals surface area contributed by atoms with Gasteiger partial charge < -0.3 is 10.2 Å². The molecule has 0 spiro atoms. The number of hydrogen-bond acceptors (Lipinski definition) is 2. The molecule has 1 saturated carbocycles. The first kappa shape index (κ1) is 25.4. The average molecular weight is 431 g/mol. The summed E-state index contributed by atoms with van der Waals surface area (Å²) in [5.41, 5.74) is 6.03. The maximum Gasteiger partial charge on any atom is 0.309 e. The van der Waals surface area contributed by atoms with Crippen LogP contribution >= 0.6 is 0 Å². The molecule has 174 valence electrons. The van der Waals surface area contributed by atoms with E-state index in [1.807, 2.05) is 13.8 Å². The van der Waals surface area contributed by atoms with Gasteiger partial charge in [0.25, 0.3) is 0 Å². The van der Waals surface area contributed by atoms with Gasteiger partial charge >= 0.3 is 11.9 Å². The highest BCUT2D eigenvalue weighted by atomic mass is 16.4. The Morgan fingerprint density at radius 3 is 2.10 bits per heavy atom. The molecule has 1 fully saturated rings. The number of rotatable bonds is 14. The molecular weight excluding hydrogens is 388 g/mol. The molecule has 0 radical (unpaired) electrons. The van der Waals surface area contributed by atoms with Gasteiger partial charge in [0, 0.05) is 0 Å². The minimum atomic E-state index is -0.707. The van der Waals surface area contributed by atoms with E-state index in [0.29, 0.717) is 0 Å². The molecule has 0 heterocycles. The van der Waals surface area contributed by atoms with Gasteiger partial charge in [-0.25, -0.2) is 0 Å². The Morgan fingerprint density at radius 1 is 0.903 bits per heavy atom. The summed E-state index contributed by atoms with van der Waals surface area (Å²) in [6.07, 6.45) is 11.7. The molecule has 0 atom stereocenters. The molecule has 2 rings (SSSR count). The van der Waals surface area contributed by atoms with Gasteiger partial charge in [0.1, 0.15) is 0 Å². The second-order valence-corrected chi connectivity index (χ2v) is 10.5. The number of hydrogen-bond donors (Lipinski definition) is 2. The van der Waals surface area contributed by atoms with E-state index in [1.165, 1.54) is 27.8 Å². The fourth-order valence-corrected chi connectivity index (χ4v) is 4.66. The van der Waals surface area contributed by atoms with E-state index in [4.69, 9.17) is 0 Å². The second kappa shape index (κ2) is 10.7. The van der Waals surface area contributed by atoms with E-state index in [2.05, 4.69) is 26.8 Å². The zero-order valence-corrected chi connectivity index (χ0v) is 20.3. The van der Waals surface area contributed by atoms with Crippen LogP contribution in [0.2, 0.25) is 0 Å². The highest BCUT2D eigenvalue weighted by Crippen LogP contribution is 2.50. The number of carboxylic acid groups (broad SMARTS) is 2. The quantitative estimate of drug-likeness (QED) is 0.319. The minimum absolute atomic E-state index is 0.400. The van der Waals surface area contributed by atoms with Crippen molar-refractivity contribution in [1.82, 2.24) is 0 Å². The maximum atomic E-state index is 11.3. The first-order valence-electron chi connectivity index (χ1n) is 12.1. The molecule has 0 amide bonds. The van der Waals surface area contributed by atoms with Crippen molar-refractivity contribution in [1.29, 1.82) is 0 Å². The highest BCUT2D eigenvalue weighted by molar-refractivity contribution is 5.77. The zero-order valence-electron chi connectivity index (χ0n) is 20.3. The Labute approximate surface area is 188 Å². The van der Waals surface area contributed by atoms with Gasteiger partial charge in [-0.05, 0) is 114 Å². The Bertz CT molecular complexity index is 787. The van der Waals surface area contributed by atoms with Gasteiger partial charge in [-0.2, -0.15) is 0 Å². The van der Waals surface area contributed by atoms with Crippen molar-refractivity contribution < 1.29 is 19.8 Å². The lowest BCUT2D eigenvalue weighted by Gasteiger charge is -2.19. The predicted molar refractivity (Wildman–Crippen MR) is 126 cm³/mol. The third-order valence-electron chi connectivity index (χ3n) is 7.59. The summed E-state index contributed by atoms with van der Waals surface area (Å²) in [6, 6.07) is 2.33. The summed E-state index contributed by atoms with van der Waals surface area (Å²) in [5, 5.41) is 18.6. The molecule has 1 aromatic carbocycles. The third-order valence-corrected chi connectivity index (χ3v) is 7.59. The maximum absolute atomic E-state index is 11.3. The summed E-state index contributed by atoms with van der Waals surface area (Å²) >= 11 is 0. The van der Waals surface area contributed by atoms with Crippen molar-refractivity contribution in [3.05, 3.63) is 33.9 Å². The molecule has 2 N–H and O–H groups in total. The van der Waals surface area contributed by atoms with Crippen LogP contribution in [0, 0.1) is 31.6 Å². The lowest BCUT2D eigenvalue weighted by atomic mass is 9.86. The van der Waals surface area contributed by atoms with Crippen molar-refractivity contribution in [2.45, 2.75) is 112 Å². The summed E-state index contributed by atoms with van der Waals surface area (Å²) in [6.45, 7) is 10.3. The largest absolute Gasteiger partial charge is 0.481 e. The Kier molecular flexibility index (Phi) is 8.73. The Balaban J connectivity index is 1.83. The minimum Gasteiger partial charge on any atom is -0.481 e. The molecular formula is C27H42O4. The van der Waals surface area contributed by atoms with Crippen molar-refractivity contribution in [2.24, 2.45) is 10.8 Å². The van der Waals surface area contributed by atoms with Gasteiger partial charge in [0.2, 0.25) is 0 Å². The molecule has 1 aliphatic carbocycles. The average Bonchev–Trinajstić information content (AvgIpc) is 3.49. The van der Waals surface area contributed by atoms with E-state index < -0.39 is 22.8 Å². The van der Waals surface area contributed by atoms with Gasteiger partial charge in [0.15, 0.2) is 0 Å². The van der Waals surface area contributed by atoms with Crippen molar-refractivity contribution in [3.8, 4) is 0 Å². The smallest absolute Gasteiger partial charge is 0.309 e. The van der Waals surface area contributed by atoms with Gasteiger partial charge in [0.05, 0.1) is 10.8 Å². The number of carbonyl (C=O) groups is 2. The van der Waals surface area contributed by atoms with Gasteiger partial charge in [-0.3, -0.25) is 9.59 Å². The van der Waals surface area contributed by atoms with E-state index in [9.17, 15) is 19.8 Å².